The first-order valence-corrected chi connectivity index (χ1v) is 13.3. The van der Waals surface area contributed by atoms with Crippen molar-refractivity contribution in [1.82, 2.24) is 0 Å². The lowest BCUT2D eigenvalue weighted by Gasteiger charge is -2.39. The van der Waals surface area contributed by atoms with E-state index in [2.05, 4.69) is 10.6 Å². The number of fused-ring (bicyclic) bond motifs is 2. The van der Waals surface area contributed by atoms with E-state index in [4.69, 9.17) is 0 Å². The number of amides is 2. The monoisotopic (exact) mass is 522 g/mol. The van der Waals surface area contributed by atoms with Crippen molar-refractivity contribution in [2.24, 2.45) is 0 Å². The van der Waals surface area contributed by atoms with E-state index in [1.54, 1.807) is 9.80 Å². The molecule has 2 aliphatic heterocycles. The molecule has 0 aromatic heterocycles. The fourth-order valence-corrected chi connectivity index (χ4v) is 5.54. The number of nitrogens with one attached hydrogen (secondary N) is 2. The third kappa shape index (κ3) is 3.98. The fraction of sp³-hybridized carbons (Fsp3) is 0.0588. The van der Waals surface area contributed by atoms with E-state index in [0.29, 0.717) is 11.1 Å². The first-order chi connectivity index (χ1) is 19.7. The summed E-state index contributed by atoms with van der Waals surface area (Å²) in [5, 5.41) is 7.14. The molecule has 0 spiro atoms. The largest absolute Gasteiger partial charge is 0.360 e. The van der Waals surface area contributed by atoms with Crippen LogP contribution in [-0.2, 0) is 0 Å². The average Bonchev–Trinajstić information content (AvgIpc) is 3.02. The van der Waals surface area contributed by atoms with Crippen molar-refractivity contribution >= 4 is 34.6 Å². The molecular formula is C34H26N4O2. The highest BCUT2D eigenvalue weighted by Gasteiger charge is 2.36. The summed E-state index contributed by atoms with van der Waals surface area (Å²) in [7, 11) is 0. The molecule has 7 rings (SSSR count). The first-order valence-electron chi connectivity index (χ1n) is 13.3. The Kier molecular flexibility index (Phi) is 5.78. The molecule has 0 saturated heterocycles. The molecule has 2 aliphatic rings. The lowest BCUT2D eigenvalue weighted by atomic mass is 9.99. The van der Waals surface area contributed by atoms with Crippen molar-refractivity contribution in [3.8, 4) is 0 Å². The van der Waals surface area contributed by atoms with Crippen molar-refractivity contribution in [2.45, 2.75) is 12.3 Å². The van der Waals surface area contributed by atoms with Gasteiger partial charge in [-0.1, -0.05) is 84.9 Å². The highest BCUT2D eigenvalue weighted by Crippen LogP contribution is 2.39. The molecule has 0 fully saturated rings. The molecule has 0 bridgehead atoms. The van der Waals surface area contributed by atoms with E-state index in [1.807, 2.05) is 133 Å². The summed E-state index contributed by atoms with van der Waals surface area (Å²) in [6.45, 7) is 0. The molecule has 0 radical (unpaired) electrons. The summed E-state index contributed by atoms with van der Waals surface area (Å²) in [5.41, 5.74) is 6.39. The Morgan fingerprint density at radius 1 is 0.425 bits per heavy atom. The average molecular weight is 523 g/mol. The van der Waals surface area contributed by atoms with Gasteiger partial charge in [-0.2, -0.15) is 0 Å². The number of carbonyl (C=O) groups is 2. The van der Waals surface area contributed by atoms with Gasteiger partial charge in [-0.05, 0) is 59.7 Å². The van der Waals surface area contributed by atoms with Gasteiger partial charge in [-0.15, -0.1) is 0 Å². The Bertz CT molecular complexity index is 1580. The van der Waals surface area contributed by atoms with Crippen LogP contribution in [0.1, 0.15) is 44.2 Å². The maximum Gasteiger partial charge on any atom is 0.262 e. The van der Waals surface area contributed by atoms with Crippen molar-refractivity contribution in [3.05, 3.63) is 156 Å². The molecule has 6 nitrogen and oxygen atoms in total. The summed E-state index contributed by atoms with van der Waals surface area (Å²) in [5.74, 6) is -0.109. The summed E-state index contributed by atoms with van der Waals surface area (Å²) in [4.78, 5) is 31.0. The molecule has 0 saturated carbocycles. The molecule has 5 aromatic rings. The van der Waals surface area contributed by atoms with Crippen LogP contribution in [0.15, 0.2) is 133 Å². The van der Waals surface area contributed by atoms with Crippen LogP contribution in [0.2, 0.25) is 0 Å². The molecule has 0 unspecified atom stereocenters. The normalized spacial score (nSPS) is 17.9. The van der Waals surface area contributed by atoms with Crippen LogP contribution in [0.5, 0.6) is 0 Å². The molecule has 194 valence electrons. The molecule has 2 atom stereocenters. The second kappa shape index (κ2) is 9.75. The lowest BCUT2D eigenvalue weighted by molar-refractivity contribution is 0.0966. The second-order valence-corrected chi connectivity index (χ2v) is 9.87. The SMILES string of the molecule is O=C1c2ccccc2N[C@H](c2ccc([C@H]3Nc4ccccc4C(=O)N3c3ccccc3)cc2)N1c1ccccc1. The molecule has 2 heterocycles. The van der Waals surface area contributed by atoms with E-state index in [9.17, 15) is 9.59 Å². The van der Waals surface area contributed by atoms with Gasteiger partial charge in [0.25, 0.3) is 11.8 Å². The molecular weight excluding hydrogens is 496 g/mol. The van der Waals surface area contributed by atoms with Gasteiger partial charge in [0.1, 0.15) is 12.3 Å². The van der Waals surface area contributed by atoms with Gasteiger partial charge in [-0.3, -0.25) is 19.4 Å². The van der Waals surface area contributed by atoms with Gasteiger partial charge in [-0.25, -0.2) is 0 Å². The van der Waals surface area contributed by atoms with Gasteiger partial charge in [0.15, 0.2) is 0 Å². The van der Waals surface area contributed by atoms with E-state index in [0.717, 1.165) is 33.9 Å². The number of para-hydroxylation sites is 4. The van der Waals surface area contributed by atoms with Gasteiger partial charge in [0.2, 0.25) is 0 Å². The van der Waals surface area contributed by atoms with E-state index in [-0.39, 0.29) is 11.8 Å². The first kappa shape index (κ1) is 23.7. The quantitative estimate of drug-likeness (QED) is 0.261. The van der Waals surface area contributed by atoms with Crippen molar-refractivity contribution < 1.29 is 9.59 Å². The Hall–Kier alpha value is -5.36. The molecule has 6 heteroatoms. The molecule has 40 heavy (non-hydrogen) atoms. The number of nitrogens with zero attached hydrogens (tertiary/aromatic N) is 2. The highest BCUT2D eigenvalue weighted by molar-refractivity contribution is 6.13. The van der Waals surface area contributed by atoms with Crippen LogP contribution in [0.3, 0.4) is 0 Å². The molecule has 5 aromatic carbocycles. The standard InChI is InChI=1S/C34H26N4O2/c39-33-27-15-7-9-17-29(27)35-31(37(33)25-11-3-1-4-12-25)23-19-21-24(22-20-23)32-36-30-18-10-8-16-28(30)34(40)38(32)26-13-5-2-6-14-26/h1-22,31-32,35-36H/t31-,32-/m0/s1. The van der Waals surface area contributed by atoms with E-state index in [1.165, 1.54) is 0 Å². The highest BCUT2D eigenvalue weighted by atomic mass is 16.2. The fourth-order valence-electron chi connectivity index (χ4n) is 5.54. The number of hydrogen-bond acceptors (Lipinski definition) is 4. The molecule has 2 amide bonds. The van der Waals surface area contributed by atoms with Crippen LogP contribution in [0.25, 0.3) is 0 Å². The number of carbonyl (C=O) groups excluding carboxylic acids is 2. The minimum absolute atomic E-state index is 0.0546. The summed E-state index contributed by atoms with van der Waals surface area (Å²) in [6, 6.07) is 42.7. The third-order valence-electron chi connectivity index (χ3n) is 7.49. The van der Waals surface area contributed by atoms with Crippen LogP contribution < -0.4 is 20.4 Å². The number of benzene rings is 5. The van der Waals surface area contributed by atoms with Crippen LogP contribution in [0, 0.1) is 0 Å². The Morgan fingerprint density at radius 3 is 1.18 bits per heavy atom. The zero-order chi connectivity index (χ0) is 27.1. The van der Waals surface area contributed by atoms with Crippen LogP contribution in [0.4, 0.5) is 22.7 Å². The van der Waals surface area contributed by atoms with Crippen LogP contribution in [-0.4, -0.2) is 11.8 Å². The van der Waals surface area contributed by atoms with Crippen molar-refractivity contribution in [3.63, 3.8) is 0 Å². The zero-order valence-corrected chi connectivity index (χ0v) is 21.6. The molecule has 0 aliphatic carbocycles. The Labute approximate surface area is 232 Å². The van der Waals surface area contributed by atoms with Gasteiger partial charge < -0.3 is 10.6 Å². The van der Waals surface area contributed by atoms with E-state index < -0.39 is 12.3 Å². The van der Waals surface area contributed by atoms with Crippen molar-refractivity contribution in [1.29, 1.82) is 0 Å². The zero-order valence-electron chi connectivity index (χ0n) is 21.6. The maximum atomic E-state index is 13.7. The predicted molar refractivity (Wildman–Crippen MR) is 159 cm³/mol. The number of rotatable bonds is 4. The minimum atomic E-state index is -0.397. The van der Waals surface area contributed by atoms with Gasteiger partial charge in [0, 0.05) is 22.7 Å². The number of anilines is 4. The van der Waals surface area contributed by atoms with Gasteiger partial charge >= 0.3 is 0 Å². The Morgan fingerprint density at radius 2 is 0.775 bits per heavy atom. The van der Waals surface area contributed by atoms with Crippen molar-refractivity contribution in [2.75, 3.05) is 20.4 Å². The summed E-state index contributed by atoms with van der Waals surface area (Å²) >= 11 is 0. The predicted octanol–water partition coefficient (Wildman–Crippen LogP) is 7.23. The topological polar surface area (TPSA) is 64.7 Å². The van der Waals surface area contributed by atoms with Crippen LogP contribution >= 0.6 is 0 Å². The number of hydrogen-bond donors (Lipinski definition) is 2. The maximum absolute atomic E-state index is 13.7. The van der Waals surface area contributed by atoms with E-state index >= 15 is 0 Å². The third-order valence-corrected chi connectivity index (χ3v) is 7.49. The Balaban J connectivity index is 1.28. The second-order valence-electron chi connectivity index (χ2n) is 9.87. The summed E-state index contributed by atoms with van der Waals surface area (Å²) in [6.07, 6.45) is -0.795. The van der Waals surface area contributed by atoms with Gasteiger partial charge in [0.05, 0.1) is 11.1 Å². The minimum Gasteiger partial charge on any atom is -0.360 e. The lowest BCUT2D eigenvalue weighted by Crippen LogP contribution is -2.43. The summed E-state index contributed by atoms with van der Waals surface area (Å²) < 4.78 is 0. The smallest absolute Gasteiger partial charge is 0.262 e. The molecule has 2 N–H and O–H groups in total.